The lowest BCUT2D eigenvalue weighted by molar-refractivity contribution is 0.290. The molecular formula is C15H15F2N3O. The first-order chi connectivity index (χ1) is 10.1. The van der Waals surface area contributed by atoms with E-state index in [9.17, 15) is 8.78 Å². The molecule has 0 bridgehead atoms. The van der Waals surface area contributed by atoms with Crippen molar-refractivity contribution in [3.63, 3.8) is 0 Å². The van der Waals surface area contributed by atoms with Crippen molar-refractivity contribution in [2.75, 3.05) is 17.7 Å². The third-order valence-corrected chi connectivity index (χ3v) is 3.18. The Bertz CT molecular complexity index is 639. The van der Waals surface area contributed by atoms with Gasteiger partial charge in [0, 0.05) is 11.8 Å². The molecule has 0 unspecified atom stereocenters. The molecule has 0 amide bonds. The number of ether oxygens (including phenoxy) is 1. The van der Waals surface area contributed by atoms with Gasteiger partial charge in [0.05, 0.1) is 12.3 Å². The largest absolute Gasteiger partial charge is 0.476 e. The molecular weight excluding hydrogens is 276 g/mol. The molecule has 2 aromatic rings. The van der Waals surface area contributed by atoms with Gasteiger partial charge >= 0.3 is 0 Å². The molecule has 1 aliphatic carbocycles. The Labute approximate surface area is 120 Å². The Hall–Kier alpha value is -2.37. The molecule has 1 heterocycles. The summed E-state index contributed by atoms with van der Waals surface area (Å²) in [5, 5.41) is 2.83. The fourth-order valence-corrected chi connectivity index (χ4v) is 1.89. The summed E-state index contributed by atoms with van der Waals surface area (Å²) in [6, 6.07) is 6.46. The summed E-state index contributed by atoms with van der Waals surface area (Å²) in [5.74, 6) is 0.0280. The summed E-state index contributed by atoms with van der Waals surface area (Å²) in [6.07, 6.45) is 2.33. The zero-order chi connectivity index (χ0) is 14.8. The van der Waals surface area contributed by atoms with Gasteiger partial charge in [-0.05, 0) is 43.0 Å². The molecule has 6 heteroatoms. The number of nitrogens with one attached hydrogen (secondary N) is 1. The van der Waals surface area contributed by atoms with E-state index >= 15 is 0 Å². The van der Waals surface area contributed by atoms with Crippen LogP contribution in [0.5, 0.6) is 5.88 Å². The fraction of sp³-hybridized carbons (Fsp3) is 0.267. The third-order valence-electron chi connectivity index (χ3n) is 3.18. The van der Waals surface area contributed by atoms with Crippen LogP contribution in [0.4, 0.5) is 26.0 Å². The summed E-state index contributed by atoms with van der Waals surface area (Å²) in [7, 11) is 0. The number of halogens is 2. The first-order valence-electron chi connectivity index (χ1n) is 6.72. The highest BCUT2D eigenvalue weighted by Crippen LogP contribution is 2.31. The smallest absolute Gasteiger partial charge is 0.239 e. The van der Waals surface area contributed by atoms with Gasteiger partial charge in [-0.15, -0.1) is 0 Å². The minimum atomic E-state index is -0.654. The Morgan fingerprint density at radius 3 is 2.57 bits per heavy atom. The number of hydrogen-bond donors (Lipinski definition) is 2. The van der Waals surface area contributed by atoms with Gasteiger partial charge in [0.2, 0.25) is 5.88 Å². The number of anilines is 3. The Kier molecular flexibility index (Phi) is 3.60. The average molecular weight is 291 g/mol. The molecule has 1 aromatic carbocycles. The van der Waals surface area contributed by atoms with Crippen LogP contribution in [0.2, 0.25) is 0 Å². The lowest BCUT2D eigenvalue weighted by Crippen LogP contribution is -2.05. The molecule has 1 fully saturated rings. The molecule has 0 aliphatic heterocycles. The quantitative estimate of drug-likeness (QED) is 0.885. The van der Waals surface area contributed by atoms with E-state index in [4.69, 9.17) is 10.5 Å². The minimum absolute atomic E-state index is 0.276. The molecule has 3 N–H and O–H groups in total. The van der Waals surface area contributed by atoms with E-state index in [2.05, 4.69) is 10.3 Å². The molecule has 21 heavy (non-hydrogen) atoms. The lowest BCUT2D eigenvalue weighted by atomic mass is 10.3. The molecule has 4 nitrogen and oxygen atoms in total. The fourth-order valence-electron chi connectivity index (χ4n) is 1.89. The van der Waals surface area contributed by atoms with E-state index in [-0.39, 0.29) is 5.69 Å². The maximum Gasteiger partial charge on any atom is 0.239 e. The molecule has 0 radical (unpaired) electrons. The van der Waals surface area contributed by atoms with Crippen molar-refractivity contribution in [3.8, 4) is 5.88 Å². The first-order valence-corrected chi connectivity index (χ1v) is 6.72. The maximum atomic E-state index is 13.1. The summed E-state index contributed by atoms with van der Waals surface area (Å²) < 4.78 is 31.9. The van der Waals surface area contributed by atoms with E-state index < -0.39 is 11.6 Å². The molecule has 0 atom stereocenters. The van der Waals surface area contributed by atoms with Gasteiger partial charge in [-0.3, -0.25) is 0 Å². The summed E-state index contributed by atoms with van der Waals surface area (Å²) in [6.45, 7) is 0.593. The van der Waals surface area contributed by atoms with Crippen LogP contribution in [0.1, 0.15) is 12.8 Å². The van der Waals surface area contributed by atoms with Crippen molar-refractivity contribution < 1.29 is 13.5 Å². The standard InChI is InChI=1S/C15H15F2N3O/c16-10-5-11(17)7-12(6-10)19-14-4-3-13(18)15(20-14)21-8-9-1-2-9/h3-7,9H,1-2,8,18H2,(H,19,20). The predicted octanol–water partition coefficient (Wildman–Crippen LogP) is 3.47. The second-order valence-electron chi connectivity index (χ2n) is 5.13. The first kappa shape index (κ1) is 13.6. The number of benzene rings is 1. The Morgan fingerprint density at radius 2 is 1.90 bits per heavy atom. The van der Waals surface area contributed by atoms with Gasteiger partial charge in [0.1, 0.15) is 17.5 Å². The number of nitrogen functional groups attached to an aromatic ring is 1. The highest BCUT2D eigenvalue weighted by molar-refractivity contribution is 5.60. The highest BCUT2D eigenvalue weighted by atomic mass is 19.1. The highest BCUT2D eigenvalue weighted by Gasteiger charge is 2.22. The number of nitrogens with two attached hydrogens (primary N) is 1. The number of pyridine rings is 1. The molecule has 1 aliphatic rings. The summed E-state index contributed by atoms with van der Waals surface area (Å²) in [5.41, 5.74) is 6.51. The number of aromatic nitrogens is 1. The van der Waals surface area contributed by atoms with Crippen molar-refractivity contribution in [1.29, 1.82) is 0 Å². The van der Waals surface area contributed by atoms with Crippen LogP contribution in [-0.4, -0.2) is 11.6 Å². The van der Waals surface area contributed by atoms with Crippen LogP contribution >= 0.6 is 0 Å². The third kappa shape index (κ3) is 3.59. The van der Waals surface area contributed by atoms with Crippen LogP contribution in [0.15, 0.2) is 30.3 Å². The van der Waals surface area contributed by atoms with E-state index in [1.165, 1.54) is 25.0 Å². The van der Waals surface area contributed by atoms with Crippen LogP contribution in [-0.2, 0) is 0 Å². The molecule has 1 aromatic heterocycles. The average Bonchev–Trinajstić information content (AvgIpc) is 3.22. The summed E-state index contributed by atoms with van der Waals surface area (Å²) >= 11 is 0. The molecule has 1 saturated carbocycles. The van der Waals surface area contributed by atoms with Gasteiger partial charge < -0.3 is 15.8 Å². The molecule has 0 saturated heterocycles. The van der Waals surface area contributed by atoms with Gasteiger partial charge in [-0.2, -0.15) is 4.98 Å². The molecule has 110 valence electrons. The number of hydrogen-bond acceptors (Lipinski definition) is 4. The van der Waals surface area contributed by atoms with Gasteiger partial charge in [0.15, 0.2) is 0 Å². The van der Waals surface area contributed by atoms with Crippen molar-refractivity contribution in [2.24, 2.45) is 5.92 Å². The summed E-state index contributed by atoms with van der Waals surface area (Å²) in [4.78, 5) is 4.22. The number of rotatable bonds is 5. The monoisotopic (exact) mass is 291 g/mol. The van der Waals surface area contributed by atoms with E-state index in [1.807, 2.05) is 0 Å². The SMILES string of the molecule is Nc1ccc(Nc2cc(F)cc(F)c2)nc1OCC1CC1. The van der Waals surface area contributed by atoms with Gasteiger partial charge in [-0.1, -0.05) is 0 Å². The van der Waals surface area contributed by atoms with Gasteiger partial charge in [-0.25, -0.2) is 8.78 Å². The second-order valence-corrected chi connectivity index (χ2v) is 5.13. The second kappa shape index (κ2) is 5.55. The van der Waals surface area contributed by atoms with E-state index in [1.54, 1.807) is 12.1 Å². The topological polar surface area (TPSA) is 60.2 Å². The van der Waals surface area contributed by atoms with Crippen molar-refractivity contribution >= 4 is 17.2 Å². The van der Waals surface area contributed by atoms with Crippen LogP contribution < -0.4 is 15.8 Å². The predicted molar refractivity (Wildman–Crippen MR) is 76.5 cm³/mol. The van der Waals surface area contributed by atoms with Crippen molar-refractivity contribution in [3.05, 3.63) is 42.0 Å². The Morgan fingerprint density at radius 1 is 1.19 bits per heavy atom. The molecule has 3 rings (SSSR count). The van der Waals surface area contributed by atoms with Crippen LogP contribution in [0.3, 0.4) is 0 Å². The van der Waals surface area contributed by atoms with E-state index in [0.717, 1.165) is 6.07 Å². The molecule has 0 spiro atoms. The van der Waals surface area contributed by atoms with Crippen LogP contribution in [0, 0.1) is 17.6 Å². The minimum Gasteiger partial charge on any atom is -0.476 e. The Balaban J connectivity index is 1.76. The maximum absolute atomic E-state index is 13.1. The van der Waals surface area contributed by atoms with E-state index in [0.29, 0.717) is 29.9 Å². The van der Waals surface area contributed by atoms with Crippen molar-refractivity contribution in [1.82, 2.24) is 4.98 Å². The normalized spacial score (nSPS) is 14.0. The number of nitrogens with zero attached hydrogens (tertiary/aromatic N) is 1. The van der Waals surface area contributed by atoms with Crippen LogP contribution in [0.25, 0.3) is 0 Å². The van der Waals surface area contributed by atoms with Crippen molar-refractivity contribution in [2.45, 2.75) is 12.8 Å². The zero-order valence-corrected chi connectivity index (χ0v) is 11.3. The van der Waals surface area contributed by atoms with Gasteiger partial charge in [0.25, 0.3) is 0 Å². The zero-order valence-electron chi connectivity index (χ0n) is 11.3. The lowest BCUT2D eigenvalue weighted by Gasteiger charge is -2.11.